The van der Waals surface area contributed by atoms with Gasteiger partial charge in [-0.05, 0) is 40.2 Å². The fourth-order valence-corrected chi connectivity index (χ4v) is 3.95. The van der Waals surface area contributed by atoms with Gasteiger partial charge in [0.15, 0.2) is 0 Å². The van der Waals surface area contributed by atoms with Crippen LogP contribution < -0.4 is 4.90 Å². The van der Waals surface area contributed by atoms with Gasteiger partial charge < -0.3 is 9.64 Å². The number of ether oxygens (including phenoxy) is 1. The zero-order chi connectivity index (χ0) is 18.6. The van der Waals surface area contributed by atoms with Gasteiger partial charge in [0.1, 0.15) is 22.4 Å². The maximum absolute atomic E-state index is 12.4. The molecule has 0 saturated carbocycles. The van der Waals surface area contributed by atoms with E-state index in [0.29, 0.717) is 11.0 Å². The molecule has 5 heterocycles. The fraction of sp³-hybridized carbons (Fsp3) is 0.556. The van der Waals surface area contributed by atoms with Crippen molar-refractivity contribution in [2.75, 3.05) is 18.0 Å². The molecule has 2 atom stereocenters. The molecule has 26 heavy (non-hydrogen) atoms. The summed E-state index contributed by atoms with van der Waals surface area (Å²) in [6.07, 6.45) is 2.51. The first-order chi connectivity index (χ1) is 12.2. The first-order valence-corrected chi connectivity index (χ1v) is 9.15. The topological polar surface area (TPSA) is 71.5 Å². The Morgan fingerprint density at radius 3 is 2.62 bits per heavy atom. The van der Waals surface area contributed by atoms with Crippen LogP contribution in [0.5, 0.6) is 0 Å². The monoisotopic (exact) mass is 375 g/mol. The lowest BCUT2D eigenvalue weighted by Gasteiger charge is -2.56. The average Bonchev–Trinajstić information content (AvgIpc) is 2.52. The molecule has 1 amide bonds. The first kappa shape index (κ1) is 17.3. The van der Waals surface area contributed by atoms with Gasteiger partial charge in [0.25, 0.3) is 0 Å². The summed E-state index contributed by atoms with van der Waals surface area (Å²) in [7, 11) is 0. The third-order valence-electron chi connectivity index (χ3n) is 4.75. The predicted octanol–water partition coefficient (Wildman–Crippen LogP) is 3.18. The number of amides is 1. The van der Waals surface area contributed by atoms with Crippen LogP contribution in [0.2, 0.25) is 5.15 Å². The zero-order valence-corrected chi connectivity index (χ0v) is 16.1. The van der Waals surface area contributed by atoms with Crippen molar-refractivity contribution in [3.63, 3.8) is 0 Å². The third kappa shape index (κ3) is 3.05. The number of rotatable bonds is 1. The van der Waals surface area contributed by atoms with E-state index in [1.165, 1.54) is 0 Å². The predicted molar refractivity (Wildman–Crippen MR) is 99.6 cm³/mol. The molecule has 0 N–H and O–H groups in total. The molecule has 2 aromatic heterocycles. The minimum atomic E-state index is -0.477. The van der Waals surface area contributed by atoms with Crippen LogP contribution in [-0.4, -0.2) is 56.7 Å². The van der Waals surface area contributed by atoms with Crippen molar-refractivity contribution in [2.45, 2.75) is 51.8 Å². The van der Waals surface area contributed by atoms with Crippen molar-refractivity contribution in [1.29, 1.82) is 0 Å². The molecular formula is C18H22ClN5O2. The number of piperazine rings is 1. The van der Waals surface area contributed by atoms with Gasteiger partial charge in [-0.25, -0.2) is 19.7 Å². The molecule has 3 aliphatic heterocycles. The largest absolute Gasteiger partial charge is 0.444 e. The summed E-state index contributed by atoms with van der Waals surface area (Å²) in [6.45, 7) is 8.94. The highest BCUT2D eigenvalue weighted by molar-refractivity contribution is 6.34. The lowest BCUT2D eigenvalue weighted by Crippen LogP contribution is -2.70. The van der Waals surface area contributed by atoms with Crippen LogP contribution in [0.25, 0.3) is 10.9 Å². The summed E-state index contributed by atoms with van der Waals surface area (Å²) in [6, 6.07) is 2.25. The van der Waals surface area contributed by atoms with Crippen molar-refractivity contribution in [2.24, 2.45) is 0 Å². The number of fused-ring (bicyclic) bond motifs is 3. The quantitative estimate of drug-likeness (QED) is 0.713. The van der Waals surface area contributed by atoms with Crippen molar-refractivity contribution in [3.8, 4) is 0 Å². The van der Waals surface area contributed by atoms with Gasteiger partial charge in [0, 0.05) is 18.5 Å². The molecule has 2 unspecified atom stereocenters. The molecule has 0 spiro atoms. The van der Waals surface area contributed by atoms with Gasteiger partial charge in [-0.15, -0.1) is 0 Å². The number of halogens is 1. The van der Waals surface area contributed by atoms with E-state index in [9.17, 15) is 4.79 Å². The summed E-state index contributed by atoms with van der Waals surface area (Å²) < 4.78 is 5.52. The van der Waals surface area contributed by atoms with E-state index in [2.05, 4.69) is 19.9 Å². The van der Waals surface area contributed by atoms with E-state index in [0.717, 1.165) is 36.2 Å². The van der Waals surface area contributed by atoms with Crippen LogP contribution in [0, 0.1) is 6.92 Å². The van der Waals surface area contributed by atoms with Gasteiger partial charge >= 0.3 is 6.09 Å². The first-order valence-electron chi connectivity index (χ1n) is 8.77. The van der Waals surface area contributed by atoms with E-state index in [1.54, 1.807) is 6.20 Å². The Kier molecular flexibility index (Phi) is 3.95. The Labute approximate surface area is 157 Å². The number of hydrogen-bond donors (Lipinski definition) is 0. The molecule has 0 aliphatic carbocycles. The van der Waals surface area contributed by atoms with Crippen LogP contribution >= 0.6 is 11.6 Å². The average molecular weight is 376 g/mol. The van der Waals surface area contributed by atoms with Crippen LogP contribution in [0.4, 0.5) is 10.6 Å². The lowest BCUT2D eigenvalue weighted by molar-refractivity contribution is -0.0380. The van der Waals surface area contributed by atoms with Crippen LogP contribution in [0.15, 0.2) is 12.3 Å². The van der Waals surface area contributed by atoms with Gasteiger partial charge in [0.05, 0.1) is 23.8 Å². The fourth-order valence-electron chi connectivity index (χ4n) is 3.68. The maximum atomic E-state index is 12.4. The molecule has 3 fully saturated rings. The van der Waals surface area contributed by atoms with Crippen LogP contribution in [0.3, 0.4) is 0 Å². The molecule has 3 aliphatic rings. The smallest absolute Gasteiger partial charge is 0.410 e. The second-order valence-electron chi connectivity index (χ2n) is 7.96. The van der Waals surface area contributed by atoms with E-state index in [4.69, 9.17) is 16.3 Å². The number of nitrogens with zero attached hydrogens (tertiary/aromatic N) is 5. The molecule has 3 saturated heterocycles. The highest BCUT2D eigenvalue weighted by Crippen LogP contribution is 2.36. The van der Waals surface area contributed by atoms with Crippen molar-refractivity contribution in [1.82, 2.24) is 19.9 Å². The van der Waals surface area contributed by atoms with Crippen molar-refractivity contribution in [3.05, 3.63) is 23.2 Å². The normalized spacial score (nSPS) is 22.3. The highest BCUT2D eigenvalue weighted by atomic mass is 35.5. The van der Waals surface area contributed by atoms with Gasteiger partial charge in [0.2, 0.25) is 0 Å². The number of carbonyl (C=O) groups excluding carboxylic acids is 1. The van der Waals surface area contributed by atoms with E-state index in [1.807, 2.05) is 38.7 Å². The van der Waals surface area contributed by atoms with Gasteiger partial charge in [-0.3, -0.25) is 4.90 Å². The summed E-state index contributed by atoms with van der Waals surface area (Å²) in [5, 5.41) is 1.24. The van der Waals surface area contributed by atoms with E-state index < -0.39 is 5.60 Å². The number of carbonyl (C=O) groups is 1. The maximum Gasteiger partial charge on any atom is 0.410 e. The van der Waals surface area contributed by atoms with Gasteiger partial charge in [-0.1, -0.05) is 11.6 Å². The van der Waals surface area contributed by atoms with Crippen LogP contribution in [-0.2, 0) is 4.74 Å². The number of aromatic nitrogens is 3. The summed E-state index contributed by atoms with van der Waals surface area (Å²) in [5.41, 5.74) is 0.263. The van der Waals surface area contributed by atoms with E-state index in [-0.39, 0.29) is 18.2 Å². The molecule has 0 radical (unpaired) electrons. The highest BCUT2D eigenvalue weighted by Gasteiger charge is 2.49. The second-order valence-corrected chi connectivity index (χ2v) is 8.32. The number of pyridine rings is 1. The Balaban J connectivity index is 1.52. The Hall–Kier alpha value is -2.15. The minimum Gasteiger partial charge on any atom is -0.444 e. The number of anilines is 1. The molecule has 7 nitrogen and oxygen atoms in total. The van der Waals surface area contributed by atoms with Crippen molar-refractivity contribution >= 4 is 34.4 Å². The SMILES string of the molecule is Cc1nc(Cl)c2cc(N3CC4CC(C3)N4C(=O)OC(C)(C)C)ncc2n1. The Morgan fingerprint density at radius 2 is 1.96 bits per heavy atom. The summed E-state index contributed by atoms with van der Waals surface area (Å²) >= 11 is 6.27. The lowest BCUT2D eigenvalue weighted by atomic mass is 9.88. The third-order valence-corrected chi connectivity index (χ3v) is 5.04. The Bertz CT molecular complexity index is 870. The minimum absolute atomic E-state index is 0.158. The second kappa shape index (κ2) is 5.94. The zero-order valence-electron chi connectivity index (χ0n) is 15.4. The van der Waals surface area contributed by atoms with Crippen LogP contribution in [0.1, 0.15) is 33.0 Å². The number of piperidine rings is 1. The summed E-state index contributed by atoms with van der Waals surface area (Å²) in [4.78, 5) is 29.6. The molecule has 138 valence electrons. The molecule has 2 bridgehead atoms. The molecular weight excluding hydrogens is 354 g/mol. The molecule has 0 aromatic carbocycles. The number of aryl methyl sites for hydroxylation is 1. The summed E-state index contributed by atoms with van der Waals surface area (Å²) in [5.74, 6) is 1.47. The molecule has 8 heteroatoms. The van der Waals surface area contributed by atoms with Crippen molar-refractivity contribution < 1.29 is 9.53 Å². The Morgan fingerprint density at radius 1 is 1.27 bits per heavy atom. The molecule has 2 aromatic rings. The van der Waals surface area contributed by atoms with E-state index >= 15 is 0 Å². The van der Waals surface area contributed by atoms with Gasteiger partial charge in [-0.2, -0.15) is 0 Å². The standard InChI is InChI=1S/C18H22ClN5O2/c1-10-21-14-7-20-15(6-13(14)16(19)22-10)23-8-11-5-12(9-23)24(11)17(25)26-18(2,3)4/h6-7,11-12H,5,8-9H2,1-4H3. The molecule has 5 rings (SSSR count). The number of hydrogen-bond acceptors (Lipinski definition) is 6.